The lowest BCUT2D eigenvalue weighted by Crippen LogP contribution is -2.44. The zero-order chi connectivity index (χ0) is 15.0. The van der Waals surface area contributed by atoms with Gasteiger partial charge in [-0.25, -0.2) is 4.79 Å². The van der Waals surface area contributed by atoms with Crippen molar-refractivity contribution in [2.24, 2.45) is 0 Å². The number of hydrogen-bond acceptors (Lipinski definition) is 5. The lowest BCUT2D eigenvalue weighted by Gasteiger charge is -2.18. The quantitative estimate of drug-likeness (QED) is 0.400. The molecule has 0 rings (SSSR count). The van der Waals surface area contributed by atoms with Crippen LogP contribution in [-0.2, 0) is 19.1 Å². The van der Waals surface area contributed by atoms with Crippen LogP contribution in [-0.4, -0.2) is 40.9 Å². The first-order chi connectivity index (χ1) is 8.77. The van der Waals surface area contributed by atoms with Gasteiger partial charge in [-0.3, -0.25) is 9.59 Å². The highest BCUT2D eigenvalue weighted by Crippen LogP contribution is 2.07. The molecule has 1 unspecified atom stereocenters. The number of ether oxygens (including phenoxy) is 1. The summed E-state index contributed by atoms with van der Waals surface area (Å²) in [7, 11) is 0. The minimum atomic E-state index is -1.31. The Hall–Kier alpha value is -1.14. The van der Waals surface area contributed by atoms with E-state index in [4.69, 9.17) is 33.3 Å². The maximum Gasteiger partial charge on any atom is 0.328 e. The fourth-order valence-corrected chi connectivity index (χ4v) is 1.28. The molecule has 0 saturated heterocycles. The Morgan fingerprint density at radius 2 is 1.89 bits per heavy atom. The number of halogens is 2. The fourth-order valence-electron chi connectivity index (χ4n) is 1.16. The molecule has 6 nitrogen and oxygen atoms in total. The van der Waals surface area contributed by atoms with E-state index < -0.39 is 28.5 Å². The zero-order valence-corrected chi connectivity index (χ0v) is 12.1. The number of ketones is 1. The second-order valence-electron chi connectivity index (χ2n) is 4.00. The van der Waals surface area contributed by atoms with Crippen LogP contribution < -0.4 is 5.32 Å². The van der Waals surface area contributed by atoms with Gasteiger partial charge >= 0.3 is 5.97 Å². The summed E-state index contributed by atoms with van der Waals surface area (Å²) >= 11 is 10.7. The summed E-state index contributed by atoms with van der Waals surface area (Å²) in [5.41, 5.74) is 0. The van der Waals surface area contributed by atoms with E-state index in [1.54, 1.807) is 13.8 Å². The maximum atomic E-state index is 11.7. The van der Waals surface area contributed by atoms with E-state index in [0.29, 0.717) is 6.21 Å². The summed E-state index contributed by atoms with van der Waals surface area (Å²) in [6.45, 7) is 3.32. The van der Waals surface area contributed by atoms with Gasteiger partial charge in [0.25, 0.3) is 5.91 Å². The van der Waals surface area contributed by atoms with Crippen LogP contribution in [0, 0.1) is 5.41 Å². The molecule has 0 aliphatic carbocycles. The molecule has 0 spiro atoms. The second-order valence-corrected chi connectivity index (χ2v) is 5.09. The summed E-state index contributed by atoms with van der Waals surface area (Å²) in [6, 6.07) is -1.02. The van der Waals surface area contributed by atoms with Crippen LogP contribution in [0.5, 0.6) is 0 Å². The number of esters is 1. The third-order valence-corrected chi connectivity index (χ3v) is 2.39. The smallest absolute Gasteiger partial charge is 0.328 e. The number of carbonyl (C=O) groups excluding carboxylic acids is 3. The van der Waals surface area contributed by atoms with Crippen LogP contribution in [0.15, 0.2) is 0 Å². The molecule has 108 valence electrons. The van der Waals surface area contributed by atoms with Gasteiger partial charge in [-0.05, 0) is 20.3 Å². The van der Waals surface area contributed by atoms with Crippen LogP contribution in [0.3, 0.4) is 0 Å². The van der Waals surface area contributed by atoms with E-state index in [2.05, 4.69) is 5.32 Å². The van der Waals surface area contributed by atoms with Crippen LogP contribution in [0.1, 0.15) is 26.7 Å². The predicted octanol–water partition coefficient (Wildman–Crippen LogP) is 1.23. The topological polar surface area (TPSA) is 96.3 Å². The SMILES string of the molecule is CC(C)OC(=O)C(CCC(=O)C=N)NC(=O)C(Cl)Cl. The highest BCUT2D eigenvalue weighted by atomic mass is 35.5. The Morgan fingerprint density at radius 3 is 2.32 bits per heavy atom. The van der Waals surface area contributed by atoms with Crippen molar-refractivity contribution in [3.05, 3.63) is 0 Å². The van der Waals surface area contributed by atoms with Gasteiger partial charge in [0.05, 0.1) is 12.3 Å². The lowest BCUT2D eigenvalue weighted by molar-refractivity contribution is -0.151. The van der Waals surface area contributed by atoms with Crippen molar-refractivity contribution in [2.75, 3.05) is 0 Å². The maximum absolute atomic E-state index is 11.7. The molecule has 0 aliphatic heterocycles. The minimum absolute atomic E-state index is 0.0198. The highest BCUT2D eigenvalue weighted by molar-refractivity contribution is 6.53. The van der Waals surface area contributed by atoms with Crippen molar-refractivity contribution in [3.8, 4) is 0 Å². The Bertz CT molecular complexity index is 359. The minimum Gasteiger partial charge on any atom is -0.461 e. The first-order valence-corrected chi connectivity index (χ1v) is 6.47. The van der Waals surface area contributed by atoms with Crippen molar-refractivity contribution >= 4 is 47.1 Å². The first kappa shape index (κ1) is 17.9. The lowest BCUT2D eigenvalue weighted by atomic mass is 10.1. The Kier molecular flexibility index (Phi) is 8.34. The molecule has 8 heteroatoms. The largest absolute Gasteiger partial charge is 0.461 e. The molecular weight excluding hydrogens is 295 g/mol. The van der Waals surface area contributed by atoms with Gasteiger partial charge < -0.3 is 15.5 Å². The van der Waals surface area contributed by atoms with Crippen LogP contribution in [0.25, 0.3) is 0 Å². The number of carbonyl (C=O) groups is 3. The molecule has 0 radical (unpaired) electrons. The van der Waals surface area contributed by atoms with Crippen molar-refractivity contribution < 1.29 is 19.1 Å². The second kappa shape index (κ2) is 8.87. The summed E-state index contributed by atoms with van der Waals surface area (Å²) in [6.07, 6.45) is 0.259. The fraction of sp³-hybridized carbons (Fsp3) is 0.636. The molecule has 0 aliphatic rings. The number of nitrogens with one attached hydrogen (secondary N) is 2. The van der Waals surface area contributed by atoms with Gasteiger partial charge in [0.2, 0.25) is 0 Å². The number of rotatable bonds is 8. The normalized spacial score (nSPS) is 12.1. The summed E-state index contributed by atoms with van der Waals surface area (Å²) in [5, 5.41) is 9.06. The molecule has 0 aromatic heterocycles. The third kappa shape index (κ3) is 7.79. The van der Waals surface area contributed by atoms with E-state index in [-0.39, 0.29) is 18.9 Å². The summed E-state index contributed by atoms with van der Waals surface area (Å²) in [5.74, 6) is -1.86. The predicted molar refractivity (Wildman–Crippen MR) is 71.7 cm³/mol. The molecule has 0 aromatic carbocycles. The van der Waals surface area contributed by atoms with Gasteiger partial charge in [0, 0.05) is 6.42 Å². The Morgan fingerprint density at radius 1 is 1.32 bits per heavy atom. The average molecular weight is 311 g/mol. The summed E-state index contributed by atoms with van der Waals surface area (Å²) in [4.78, 5) is 32.8. The number of amides is 1. The average Bonchev–Trinajstić information content (AvgIpc) is 2.32. The Balaban J connectivity index is 4.62. The standard InChI is InChI=1S/C11H16Cl2N2O4/c1-6(2)19-11(18)8(4-3-7(16)5-14)15-10(17)9(12)13/h5-6,8-9,14H,3-4H2,1-2H3,(H,15,17). The van der Waals surface area contributed by atoms with Gasteiger partial charge in [0.15, 0.2) is 10.6 Å². The van der Waals surface area contributed by atoms with Gasteiger partial charge in [-0.2, -0.15) is 0 Å². The molecule has 0 fully saturated rings. The van der Waals surface area contributed by atoms with E-state index in [9.17, 15) is 14.4 Å². The highest BCUT2D eigenvalue weighted by Gasteiger charge is 2.25. The van der Waals surface area contributed by atoms with Crippen molar-refractivity contribution in [1.29, 1.82) is 5.41 Å². The molecule has 0 heterocycles. The van der Waals surface area contributed by atoms with E-state index in [0.717, 1.165) is 0 Å². The molecular formula is C11H16Cl2N2O4. The van der Waals surface area contributed by atoms with Gasteiger partial charge in [-0.1, -0.05) is 23.2 Å². The van der Waals surface area contributed by atoms with Crippen molar-refractivity contribution in [3.63, 3.8) is 0 Å². The number of hydrogen-bond donors (Lipinski definition) is 2. The van der Waals surface area contributed by atoms with Crippen molar-refractivity contribution in [2.45, 2.75) is 43.7 Å². The summed E-state index contributed by atoms with van der Waals surface area (Å²) < 4.78 is 4.95. The number of alkyl halides is 2. The van der Waals surface area contributed by atoms with Gasteiger partial charge in [-0.15, -0.1) is 0 Å². The zero-order valence-electron chi connectivity index (χ0n) is 10.6. The van der Waals surface area contributed by atoms with Crippen LogP contribution in [0.2, 0.25) is 0 Å². The van der Waals surface area contributed by atoms with Crippen LogP contribution >= 0.6 is 23.2 Å². The van der Waals surface area contributed by atoms with Crippen LogP contribution in [0.4, 0.5) is 0 Å². The van der Waals surface area contributed by atoms with Gasteiger partial charge in [0.1, 0.15) is 6.04 Å². The molecule has 1 atom stereocenters. The van der Waals surface area contributed by atoms with Crippen molar-refractivity contribution in [1.82, 2.24) is 5.32 Å². The molecule has 0 saturated carbocycles. The van der Waals surface area contributed by atoms with E-state index >= 15 is 0 Å². The molecule has 0 bridgehead atoms. The third-order valence-electron chi connectivity index (χ3n) is 1.99. The monoisotopic (exact) mass is 310 g/mol. The van der Waals surface area contributed by atoms with E-state index in [1.807, 2.05) is 0 Å². The van der Waals surface area contributed by atoms with E-state index in [1.165, 1.54) is 0 Å². The molecule has 1 amide bonds. The molecule has 2 N–H and O–H groups in total. The first-order valence-electron chi connectivity index (χ1n) is 5.60. The molecule has 0 aromatic rings. The number of Topliss-reactive ketones (excluding diaryl/α,β-unsaturated/α-hetero) is 1. The Labute approximate surface area is 121 Å². The molecule has 19 heavy (non-hydrogen) atoms.